The van der Waals surface area contributed by atoms with Crippen LogP contribution >= 0.6 is 0 Å². The Morgan fingerprint density at radius 3 is 2.48 bits per heavy atom. The summed E-state index contributed by atoms with van der Waals surface area (Å²) in [6, 6.07) is 6.79. The van der Waals surface area contributed by atoms with Gasteiger partial charge in [0.25, 0.3) is 0 Å². The molecule has 1 aromatic carbocycles. The molecule has 2 saturated heterocycles. The molecule has 1 aliphatic carbocycles. The van der Waals surface area contributed by atoms with E-state index in [-0.39, 0.29) is 30.7 Å². The summed E-state index contributed by atoms with van der Waals surface area (Å²) < 4.78 is 11.1. The summed E-state index contributed by atoms with van der Waals surface area (Å²) in [6.07, 6.45) is 6.68. The Hall–Kier alpha value is -4.62. The molecule has 14 nitrogen and oxygen atoms in total. The zero-order valence-electron chi connectivity index (χ0n) is 31.0. The van der Waals surface area contributed by atoms with Gasteiger partial charge in [-0.25, -0.2) is 9.59 Å². The minimum Gasteiger partial charge on any atom is -0.444 e. The first kappa shape index (κ1) is 38.6. The summed E-state index contributed by atoms with van der Waals surface area (Å²) in [5.74, 6) is -1.92. The molecule has 0 aromatic heterocycles. The number of fused-ring (bicyclic) bond motifs is 2. The van der Waals surface area contributed by atoms with Crippen molar-refractivity contribution < 1.29 is 38.2 Å². The first-order valence-electron chi connectivity index (χ1n) is 18.5. The van der Waals surface area contributed by atoms with Crippen LogP contribution in [0.5, 0.6) is 0 Å². The van der Waals surface area contributed by atoms with Crippen LogP contribution in [0.2, 0.25) is 0 Å². The monoisotopic (exact) mass is 722 g/mol. The van der Waals surface area contributed by atoms with Crippen molar-refractivity contribution in [1.82, 2.24) is 30.7 Å². The molecule has 4 aliphatic rings. The van der Waals surface area contributed by atoms with E-state index < -0.39 is 59.4 Å². The maximum Gasteiger partial charge on any atom is 0.409 e. The minimum atomic E-state index is -1.29. The number of carbonyl (C=O) groups is 6. The second-order valence-electron chi connectivity index (χ2n) is 15.5. The Balaban J connectivity index is 1.39. The van der Waals surface area contributed by atoms with Crippen molar-refractivity contribution in [3.63, 3.8) is 0 Å². The van der Waals surface area contributed by atoms with Gasteiger partial charge in [0.15, 0.2) is 0 Å². The zero-order valence-corrected chi connectivity index (χ0v) is 31.0. The molecule has 1 aromatic rings. The molecule has 6 atom stereocenters. The third-order valence-electron chi connectivity index (χ3n) is 10.1. The van der Waals surface area contributed by atoms with Gasteiger partial charge in [-0.05, 0) is 64.9 Å². The van der Waals surface area contributed by atoms with Crippen molar-refractivity contribution >= 4 is 35.8 Å². The lowest BCUT2D eigenvalue weighted by atomic mass is 10.0. The predicted octanol–water partition coefficient (Wildman–Crippen LogP) is 3.25. The fourth-order valence-corrected chi connectivity index (χ4v) is 7.29. The lowest BCUT2D eigenvalue weighted by molar-refractivity contribution is -0.145. The number of allylic oxidation sites excluding steroid dienone is 1. The third-order valence-corrected chi connectivity index (χ3v) is 10.1. The van der Waals surface area contributed by atoms with Crippen LogP contribution in [0.25, 0.3) is 0 Å². The lowest BCUT2D eigenvalue weighted by Crippen LogP contribution is -2.59. The molecule has 0 spiro atoms. The standard InChI is InChI=1S/C38H54N6O8/c1-37(2,3)52-35(49)40-28-18-13-8-6-7-12-17-26-22-38(26,41-32(46)30-21-27(24-44(30)33(28)47)51-36(50)42(4)5)34(48)43-20-14-19-29(43)31(45)39-23-25-15-10-9-11-16-25/h9-12,15-17,26-30H,6-8,13-14,18-24H2,1-5H3,(H,39,45)(H,40,49)(H,41,46)/b17-12-/t26-,27-,28+,29+,30+,38-/m1/s1. The van der Waals surface area contributed by atoms with Gasteiger partial charge in [-0.3, -0.25) is 19.2 Å². The van der Waals surface area contributed by atoms with E-state index >= 15 is 0 Å². The number of ether oxygens (including phenoxy) is 2. The van der Waals surface area contributed by atoms with Gasteiger partial charge in [0, 0.05) is 39.5 Å². The first-order valence-corrected chi connectivity index (χ1v) is 18.5. The van der Waals surface area contributed by atoms with Gasteiger partial charge < -0.3 is 40.1 Å². The molecule has 3 N–H and O–H groups in total. The average molecular weight is 723 g/mol. The second kappa shape index (κ2) is 16.4. The number of hydrogen-bond donors (Lipinski definition) is 3. The van der Waals surface area contributed by atoms with E-state index in [2.05, 4.69) is 16.0 Å². The van der Waals surface area contributed by atoms with E-state index in [1.165, 1.54) is 9.80 Å². The Kier molecular flexibility index (Phi) is 12.2. The average Bonchev–Trinajstić information content (AvgIpc) is 3.38. The molecular formula is C38H54N6O8. The Labute approximate surface area is 306 Å². The van der Waals surface area contributed by atoms with Crippen LogP contribution in [0.1, 0.15) is 84.1 Å². The highest BCUT2D eigenvalue weighted by molar-refractivity contribution is 6.00. The van der Waals surface area contributed by atoms with Gasteiger partial charge >= 0.3 is 12.2 Å². The fraction of sp³-hybridized carbons (Fsp3) is 0.632. The van der Waals surface area contributed by atoms with Crippen LogP contribution in [-0.2, 0) is 35.2 Å². The van der Waals surface area contributed by atoms with Crippen LogP contribution in [0.4, 0.5) is 9.59 Å². The summed E-state index contributed by atoms with van der Waals surface area (Å²) in [6.45, 7) is 5.83. The quantitative estimate of drug-likeness (QED) is 0.377. The number of rotatable bonds is 6. The van der Waals surface area contributed by atoms with Gasteiger partial charge in [0.2, 0.25) is 23.6 Å². The summed E-state index contributed by atoms with van der Waals surface area (Å²) in [4.78, 5) is 86.2. The Morgan fingerprint density at radius 1 is 1.02 bits per heavy atom. The molecular weight excluding hydrogens is 668 g/mol. The molecule has 6 amide bonds. The van der Waals surface area contributed by atoms with E-state index in [0.29, 0.717) is 45.2 Å². The highest BCUT2D eigenvalue weighted by atomic mass is 16.6. The smallest absolute Gasteiger partial charge is 0.409 e. The van der Waals surface area contributed by atoms with Crippen LogP contribution in [0.3, 0.4) is 0 Å². The van der Waals surface area contributed by atoms with Crippen LogP contribution < -0.4 is 16.0 Å². The van der Waals surface area contributed by atoms with Gasteiger partial charge in [-0.1, -0.05) is 55.3 Å². The molecule has 284 valence electrons. The van der Waals surface area contributed by atoms with Crippen LogP contribution in [0.15, 0.2) is 42.5 Å². The van der Waals surface area contributed by atoms with Crippen molar-refractivity contribution in [2.24, 2.45) is 5.92 Å². The number of nitrogens with zero attached hydrogens (tertiary/aromatic N) is 3. The molecule has 0 radical (unpaired) electrons. The number of nitrogens with one attached hydrogen (secondary N) is 3. The van der Waals surface area contributed by atoms with Gasteiger partial charge in [-0.15, -0.1) is 0 Å². The molecule has 3 aliphatic heterocycles. The molecule has 1 saturated carbocycles. The van der Waals surface area contributed by atoms with Crippen molar-refractivity contribution in [3.05, 3.63) is 48.0 Å². The van der Waals surface area contributed by atoms with Gasteiger partial charge in [-0.2, -0.15) is 0 Å². The van der Waals surface area contributed by atoms with Crippen molar-refractivity contribution in [2.45, 2.75) is 120 Å². The van der Waals surface area contributed by atoms with Gasteiger partial charge in [0.05, 0.1) is 6.54 Å². The van der Waals surface area contributed by atoms with Crippen LogP contribution in [-0.4, -0.2) is 113 Å². The molecule has 0 unspecified atom stereocenters. The first-order chi connectivity index (χ1) is 24.7. The fourth-order valence-electron chi connectivity index (χ4n) is 7.29. The zero-order chi connectivity index (χ0) is 37.6. The van der Waals surface area contributed by atoms with Crippen LogP contribution in [0, 0.1) is 5.92 Å². The predicted molar refractivity (Wildman–Crippen MR) is 191 cm³/mol. The Morgan fingerprint density at radius 2 is 1.77 bits per heavy atom. The molecule has 52 heavy (non-hydrogen) atoms. The van der Waals surface area contributed by atoms with E-state index in [4.69, 9.17) is 9.47 Å². The number of benzene rings is 1. The van der Waals surface area contributed by atoms with Crippen molar-refractivity contribution in [3.8, 4) is 0 Å². The van der Waals surface area contributed by atoms with Crippen molar-refractivity contribution in [2.75, 3.05) is 27.2 Å². The Bertz CT molecular complexity index is 1530. The highest BCUT2D eigenvalue weighted by Crippen LogP contribution is 2.47. The van der Waals surface area contributed by atoms with Gasteiger partial charge in [0.1, 0.15) is 35.4 Å². The lowest BCUT2D eigenvalue weighted by Gasteiger charge is -2.32. The molecule has 0 bridgehead atoms. The number of likely N-dealkylation sites (tertiary alicyclic amines) is 1. The second-order valence-corrected chi connectivity index (χ2v) is 15.5. The SMILES string of the molecule is CN(C)C(=O)O[C@@H]1C[C@H]2C(=O)N[C@]3(C(=O)N4CCC[C@H]4C(=O)NCc4ccccc4)C[C@H]3/C=C\CCCCC[C@H](NC(=O)OC(C)(C)C)C(=O)N2C1. The summed E-state index contributed by atoms with van der Waals surface area (Å²) in [5.41, 5.74) is -1.14. The van der Waals surface area contributed by atoms with E-state index in [1.54, 1.807) is 39.8 Å². The number of carbonyl (C=O) groups excluding carboxylic acids is 6. The highest BCUT2D eigenvalue weighted by Gasteiger charge is 2.63. The minimum absolute atomic E-state index is 0.00924. The molecule has 5 rings (SSSR count). The summed E-state index contributed by atoms with van der Waals surface area (Å²) in [7, 11) is 3.08. The van der Waals surface area contributed by atoms with Crippen molar-refractivity contribution in [1.29, 1.82) is 0 Å². The number of alkyl carbamates (subject to hydrolysis) is 1. The maximum absolute atomic E-state index is 14.5. The summed E-state index contributed by atoms with van der Waals surface area (Å²) in [5, 5.41) is 8.73. The summed E-state index contributed by atoms with van der Waals surface area (Å²) >= 11 is 0. The van der Waals surface area contributed by atoms with E-state index in [0.717, 1.165) is 24.8 Å². The van der Waals surface area contributed by atoms with E-state index in [9.17, 15) is 28.8 Å². The maximum atomic E-state index is 14.5. The topological polar surface area (TPSA) is 167 Å². The molecule has 14 heteroatoms. The number of hydrogen-bond acceptors (Lipinski definition) is 8. The molecule has 3 heterocycles. The van der Waals surface area contributed by atoms with E-state index in [1.807, 2.05) is 42.5 Å². The largest absolute Gasteiger partial charge is 0.444 e. The third kappa shape index (κ3) is 9.43. The number of amides is 6. The normalized spacial score (nSPS) is 28.6. The molecule has 3 fully saturated rings.